The molecule has 1 amide bonds. The highest BCUT2D eigenvalue weighted by atomic mass is 16.2. The van der Waals surface area contributed by atoms with Crippen molar-refractivity contribution in [2.24, 2.45) is 5.92 Å². The highest BCUT2D eigenvalue weighted by Gasteiger charge is 2.33. The number of rotatable bonds is 3. The minimum atomic E-state index is -0.148. The Kier molecular flexibility index (Phi) is 3.18. The zero-order valence-corrected chi connectivity index (χ0v) is 10.3. The van der Waals surface area contributed by atoms with Crippen molar-refractivity contribution in [2.45, 2.75) is 19.9 Å². The molecule has 1 aromatic rings. The monoisotopic (exact) mass is 230 g/mol. The molecule has 3 heteroatoms. The Morgan fingerprint density at radius 2 is 2.18 bits per heavy atom. The Morgan fingerprint density at radius 3 is 2.82 bits per heavy atom. The van der Waals surface area contributed by atoms with Crippen molar-refractivity contribution >= 4 is 17.3 Å². The number of benzene rings is 1. The average Bonchev–Trinajstić information content (AvgIpc) is 2.32. The normalized spacial score (nSPS) is 18.9. The lowest BCUT2D eigenvalue weighted by atomic mass is 9.99. The van der Waals surface area contributed by atoms with Crippen molar-refractivity contribution in [3.63, 3.8) is 0 Å². The zero-order chi connectivity index (χ0) is 12.4. The maximum Gasteiger partial charge on any atom is 0.250 e. The van der Waals surface area contributed by atoms with Gasteiger partial charge in [-0.1, -0.05) is 32.1 Å². The third-order valence-corrected chi connectivity index (χ3v) is 3.02. The first-order valence-corrected chi connectivity index (χ1v) is 5.93. The summed E-state index contributed by atoms with van der Waals surface area (Å²) in [5.74, 6) is 0.391. The quantitative estimate of drug-likeness (QED) is 0.810. The molecule has 0 fully saturated rings. The molecule has 0 aliphatic carbocycles. The summed E-state index contributed by atoms with van der Waals surface area (Å²) in [7, 11) is 0. The molecule has 3 nitrogen and oxygen atoms in total. The molecule has 1 aliphatic heterocycles. The van der Waals surface area contributed by atoms with Crippen LogP contribution >= 0.6 is 0 Å². The predicted molar refractivity (Wildman–Crippen MR) is 71.2 cm³/mol. The van der Waals surface area contributed by atoms with Crippen LogP contribution in [0, 0.1) is 5.92 Å². The van der Waals surface area contributed by atoms with Crippen LogP contribution in [-0.4, -0.2) is 18.5 Å². The maximum absolute atomic E-state index is 12.3. The van der Waals surface area contributed by atoms with E-state index in [1.54, 1.807) is 11.0 Å². The average molecular weight is 230 g/mol. The summed E-state index contributed by atoms with van der Waals surface area (Å²) >= 11 is 0. The Hall–Kier alpha value is -1.77. The summed E-state index contributed by atoms with van der Waals surface area (Å²) in [5, 5.41) is 3.31. The van der Waals surface area contributed by atoms with Gasteiger partial charge in [0.1, 0.15) is 6.04 Å². The van der Waals surface area contributed by atoms with E-state index in [0.29, 0.717) is 6.54 Å². The highest BCUT2D eigenvalue weighted by molar-refractivity contribution is 6.05. The van der Waals surface area contributed by atoms with E-state index in [-0.39, 0.29) is 17.9 Å². The molecule has 1 aliphatic rings. The lowest BCUT2D eigenvalue weighted by Gasteiger charge is -2.36. The van der Waals surface area contributed by atoms with E-state index in [1.807, 2.05) is 24.3 Å². The molecular weight excluding hydrogens is 212 g/mol. The molecule has 1 atom stereocenters. The Balaban J connectivity index is 2.42. The molecule has 0 aromatic heterocycles. The third-order valence-electron chi connectivity index (χ3n) is 3.02. The van der Waals surface area contributed by atoms with Crippen LogP contribution in [-0.2, 0) is 4.79 Å². The molecule has 0 saturated heterocycles. The molecule has 1 unspecified atom stereocenters. The summed E-state index contributed by atoms with van der Waals surface area (Å²) in [5.41, 5.74) is 1.96. The number of hydrogen-bond donors (Lipinski definition) is 1. The van der Waals surface area contributed by atoms with Crippen LogP contribution in [0.15, 0.2) is 36.9 Å². The van der Waals surface area contributed by atoms with Crippen LogP contribution in [0.25, 0.3) is 0 Å². The zero-order valence-electron chi connectivity index (χ0n) is 10.3. The van der Waals surface area contributed by atoms with Gasteiger partial charge in [0.25, 0.3) is 0 Å². The first-order valence-electron chi connectivity index (χ1n) is 5.93. The molecule has 1 aromatic carbocycles. The van der Waals surface area contributed by atoms with Gasteiger partial charge in [0.05, 0.1) is 11.4 Å². The second-order valence-electron chi connectivity index (χ2n) is 4.62. The van der Waals surface area contributed by atoms with E-state index in [4.69, 9.17) is 0 Å². The topological polar surface area (TPSA) is 32.3 Å². The first kappa shape index (κ1) is 11.7. The van der Waals surface area contributed by atoms with E-state index >= 15 is 0 Å². The number of hydrogen-bond acceptors (Lipinski definition) is 2. The number of amides is 1. The molecule has 17 heavy (non-hydrogen) atoms. The van der Waals surface area contributed by atoms with Gasteiger partial charge in [0, 0.05) is 6.54 Å². The fourth-order valence-corrected chi connectivity index (χ4v) is 2.12. The number of anilines is 2. The number of carbonyl (C=O) groups is 1. The van der Waals surface area contributed by atoms with Crippen molar-refractivity contribution in [1.29, 1.82) is 0 Å². The summed E-state index contributed by atoms with van der Waals surface area (Å²) in [6, 6.07) is 7.74. The highest BCUT2D eigenvalue weighted by Crippen LogP contribution is 2.32. The van der Waals surface area contributed by atoms with E-state index in [1.165, 1.54) is 0 Å². The SMILES string of the molecule is C=CCN1C(=O)C(C(C)C)Nc2ccccc21. The minimum absolute atomic E-state index is 0.124. The van der Waals surface area contributed by atoms with Gasteiger partial charge in [-0.15, -0.1) is 6.58 Å². The molecule has 0 bridgehead atoms. The molecular formula is C14H18N2O. The van der Waals surface area contributed by atoms with E-state index in [2.05, 4.69) is 25.7 Å². The van der Waals surface area contributed by atoms with Crippen LogP contribution in [0.5, 0.6) is 0 Å². The third kappa shape index (κ3) is 2.05. The molecule has 1 N–H and O–H groups in total. The Bertz CT molecular complexity index is 440. The molecule has 0 spiro atoms. The lowest BCUT2D eigenvalue weighted by molar-refractivity contribution is -0.120. The summed E-state index contributed by atoms with van der Waals surface area (Å²) < 4.78 is 0. The van der Waals surface area contributed by atoms with Gasteiger partial charge in [-0.3, -0.25) is 4.79 Å². The molecule has 90 valence electrons. The van der Waals surface area contributed by atoms with E-state index < -0.39 is 0 Å². The van der Waals surface area contributed by atoms with Crippen molar-refractivity contribution in [2.75, 3.05) is 16.8 Å². The number of fused-ring (bicyclic) bond motifs is 1. The summed E-state index contributed by atoms with van der Waals surface area (Å²) in [6.45, 7) is 8.38. The van der Waals surface area contributed by atoms with Crippen molar-refractivity contribution in [3.05, 3.63) is 36.9 Å². The number of nitrogens with zero attached hydrogens (tertiary/aromatic N) is 1. The number of para-hydroxylation sites is 2. The summed E-state index contributed by atoms with van der Waals surface area (Å²) in [4.78, 5) is 14.1. The standard InChI is InChI=1S/C14H18N2O/c1-4-9-16-12-8-6-5-7-11(12)15-13(10(2)3)14(16)17/h4-8,10,13,15H,1,9H2,2-3H3. The van der Waals surface area contributed by atoms with Gasteiger partial charge in [-0.2, -0.15) is 0 Å². The Morgan fingerprint density at radius 1 is 1.47 bits per heavy atom. The smallest absolute Gasteiger partial charge is 0.250 e. The van der Waals surface area contributed by atoms with Gasteiger partial charge in [0.15, 0.2) is 0 Å². The summed E-state index contributed by atoms with van der Waals surface area (Å²) in [6.07, 6.45) is 1.76. The van der Waals surface area contributed by atoms with Gasteiger partial charge in [-0.05, 0) is 18.1 Å². The minimum Gasteiger partial charge on any atom is -0.372 e. The maximum atomic E-state index is 12.3. The fraction of sp³-hybridized carbons (Fsp3) is 0.357. The molecule has 0 radical (unpaired) electrons. The second kappa shape index (κ2) is 4.62. The van der Waals surface area contributed by atoms with E-state index in [0.717, 1.165) is 11.4 Å². The lowest BCUT2D eigenvalue weighted by Crippen LogP contribution is -2.49. The van der Waals surface area contributed by atoms with Crippen LogP contribution in [0.1, 0.15) is 13.8 Å². The molecule has 0 saturated carbocycles. The molecule has 2 rings (SSSR count). The number of carbonyl (C=O) groups excluding carboxylic acids is 1. The second-order valence-corrected chi connectivity index (χ2v) is 4.62. The molecule has 1 heterocycles. The van der Waals surface area contributed by atoms with Crippen molar-refractivity contribution in [1.82, 2.24) is 0 Å². The van der Waals surface area contributed by atoms with E-state index in [9.17, 15) is 4.79 Å². The van der Waals surface area contributed by atoms with Crippen LogP contribution in [0.3, 0.4) is 0 Å². The van der Waals surface area contributed by atoms with Gasteiger partial charge < -0.3 is 10.2 Å². The van der Waals surface area contributed by atoms with Crippen LogP contribution in [0.2, 0.25) is 0 Å². The van der Waals surface area contributed by atoms with Gasteiger partial charge >= 0.3 is 0 Å². The Labute approximate surface area is 102 Å². The largest absolute Gasteiger partial charge is 0.372 e. The first-order chi connectivity index (χ1) is 8.15. The van der Waals surface area contributed by atoms with Crippen LogP contribution in [0.4, 0.5) is 11.4 Å². The fourth-order valence-electron chi connectivity index (χ4n) is 2.12. The van der Waals surface area contributed by atoms with Gasteiger partial charge in [0.2, 0.25) is 5.91 Å². The predicted octanol–water partition coefficient (Wildman–Crippen LogP) is 2.66. The van der Waals surface area contributed by atoms with Crippen molar-refractivity contribution in [3.8, 4) is 0 Å². The van der Waals surface area contributed by atoms with Crippen LogP contribution < -0.4 is 10.2 Å². The number of nitrogens with one attached hydrogen (secondary N) is 1. The van der Waals surface area contributed by atoms with Crippen molar-refractivity contribution < 1.29 is 4.79 Å². The van der Waals surface area contributed by atoms with Gasteiger partial charge in [-0.25, -0.2) is 0 Å².